The molecule has 1 saturated carbocycles. The summed E-state index contributed by atoms with van der Waals surface area (Å²) in [5.74, 6) is 0.0840. The molecule has 2 fully saturated rings. The number of carbonyl (C=O) groups is 2. The van der Waals surface area contributed by atoms with Gasteiger partial charge in [-0.2, -0.15) is 26.3 Å². The molecule has 0 bridgehead atoms. The maximum absolute atomic E-state index is 13.6. The molecule has 2 heterocycles. The first-order chi connectivity index (χ1) is 22.6. The maximum atomic E-state index is 13.6. The fraction of sp³-hybridized carbons (Fsp3) is 0.471. The number of hydrogen-bond donors (Lipinski definition) is 1. The van der Waals surface area contributed by atoms with Gasteiger partial charge in [0.15, 0.2) is 5.82 Å². The predicted molar refractivity (Wildman–Crippen MR) is 164 cm³/mol. The first kappa shape index (κ1) is 35.0. The van der Waals surface area contributed by atoms with Gasteiger partial charge in [-0.1, -0.05) is 30.3 Å². The molecule has 1 N–H and O–H groups in total. The molecule has 2 aliphatic rings. The highest BCUT2D eigenvalue weighted by Gasteiger charge is 2.44. The van der Waals surface area contributed by atoms with Crippen LogP contribution in [-0.2, 0) is 28.4 Å². The average molecular weight is 679 g/mol. The highest BCUT2D eigenvalue weighted by Crippen LogP contribution is 2.41. The molecule has 258 valence electrons. The molecule has 3 aromatic rings. The number of rotatable bonds is 10. The third-order valence-corrected chi connectivity index (χ3v) is 9.13. The minimum absolute atomic E-state index is 0.0393. The van der Waals surface area contributed by atoms with Crippen LogP contribution in [0.1, 0.15) is 74.4 Å². The van der Waals surface area contributed by atoms with Crippen LogP contribution < -0.4 is 4.90 Å². The summed E-state index contributed by atoms with van der Waals surface area (Å²) in [4.78, 5) is 37.3. The first-order valence-electron chi connectivity index (χ1n) is 15.8. The maximum Gasteiger partial charge on any atom is 0.416 e. The number of aromatic nitrogens is 2. The molecular weight excluding hydrogens is 642 g/mol. The van der Waals surface area contributed by atoms with Gasteiger partial charge in [-0.15, -0.1) is 0 Å². The highest BCUT2D eigenvalue weighted by molar-refractivity contribution is 5.71. The largest absolute Gasteiger partial charge is 0.481 e. The van der Waals surface area contributed by atoms with Crippen LogP contribution >= 0.6 is 0 Å². The number of cyclic esters (lactones) is 1. The van der Waals surface area contributed by atoms with E-state index in [1.807, 2.05) is 42.2 Å². The number of ether oxygens (including phenoxy) is 1. The van der Waals surface area contributed by atoms with Gasteiger partial charge in [0.2, 0.25) is 0 Å². The molecular formula is C34H36F6N4O4. The molecule has 5 rings (SSSR count). The fourth-order valence-electron chi connectivity index (χ4n) is 6.55. The summed E-state index contributed by atoms with van der Waals surface area (Å²) in [6.45, 7) is 4.43. The van der Waals surface area contributed by atoms with Gasteiger partial charge in [-0.3, -0.25) is 9.69 Å². The summed E-state index contributed by atoms with van der Waals surface area (Å²) in [5, 5.41) is 9.17. The molecule has 8 nitrogen and oxygen atoms in total. The number of carbonyl (C=O) groups excluding carboxylic acids is 1. The highest BCUT2D eigenvalue weighted by atomic mass is 19.4. The van der Waals surface area contributed by atoms with Crippen LogP contribution in [0.2, 0.25) is 0 Å². The molecule has 14 heteroatoms. The van der Waals surface area contributed by atoms with Gasteiger partial charge < -0.3 is 14.7 Å². The Morgan fingerprint density at radius 1 is 0.979 bits per heavy atom. The molecule has 2 aromatic carbocycles. The summed E-state index contributed by atoms with van der Waals surface area (Å²) in [5.41, 5.74) is -1.73. The molecule has 1 aliphatic heterocycles. The lowest BCUT2D eigenvalue weighted by molar-refractivity contribution is -0.143. The number of aliphatic carboxylic acids is 1. The topological polar surface area (TPSA) is 95.9 Å². The van der Waals surface area contributed by atoms with E-state index >= 15 is 0 Å². The van der Waals surface area contributed by atoms with Gasteiger partial charge in [-0.05, 0) is 75.1 Å². The van der Waals surface area contributed by atoms with Crippen molar-refractivity contribution >= 4 is 17.9 Å². The molecule has 1 aromatic heterocycles. The van der Waals surface area contributed by atoms with E-state index in [1.165, 1.54) is 11.8 Å². The molecule has 0 radical (unpaired) electrons. The van der Waals surface area contributed by atoms with Crippen LogP contribution in [-0.4, -0.2) is 51.2 Å². The van der Waals surface area contributed by atoms with Gasteiger partial charge in [0.05, 0.1) is 35.6 Å². The van der Waals surface area contributed by atoms with E-state index in [9.17, 15) is 41.0 Å². The first-order valence-corrected chi connectivity index (χ1v) is 15.8. The normalized spacial score (nSPS) is 21.7. The summed E-state index contributed by atoms with van der Waals surface area (Å²) in [6.07, 6.45) is -7.38. The smallest absolute Gasteiger partial charge is 0.416 e. The van der Waals surface area contributed by atoms with Crippen LogP contribution in [0.15, 0.2) is 54.7 Å². The SMILES string of the molecule is CCN(C[C@H]1CC[C@H](CC(=O)O)CC1)c1ncc(-c2ccccc2)nc1CN1C(=O)OC(c2cc(C(F)(F)F)cc(C(F)(F)F)c2)[C@@H]1C. The van der Waals surface area contributed by atoms with Crippen LogP contribution in [0, 0.1) is 11.8 Å². The second-order valence-corrected chi connectivity index (χ2v) is 12.4. The Hall–Kier alpha value is -4.36. The summed E-state index contributed by atoms with van der Waals surface area (Å²) >= 11 is 0. The number of alkyl halides is 6. The number of hydrogen-bond acceptors (Lipinski definition) is 6. The molecule has 0 spiro atoms. The van der Waals surface area contributed by atoms with Crippen molar-refractivity contribution in [2.24, 2.45) is 11.8 Å². The van der Waals surface area contributed by atoms with Gasteiger partial charge in [0, 0.05) is 25.1 Å². The summed E-state index contributed by atoms with van der Waals surface area (Å²) in [7, 11) is 0. The van der Waals surface area contributed by atoms with Gasteiger partial charge >= 0.3 is 24.4 Å². The van der Waals surface area contributed by atoms with Crippen molar-refractivity contribution < 1.29 is 45.8 Å². The van der Waals surface area contributed by atoms with Gasteiger partial charge in [0.25, 0.3) is 0 Å². The van der Waals surface area contributed by atoms with Gasteiger partial charge in [0.1, 0.15) is 11.8 Å². The average Bonchev–Trinajstić information content (AvgIpc) is 3.32. The Kier molecular flexibility index (Phi) is 10.2. The van der Waals surface area contributed by atoms with E-state index in [0.29, 0.717) is 42.4 Å². The van der Waals surface area contributed by atoms with Crippen molar-refractivity contribution in [3.63, 3.8) is 0 Å². The second kappa shape index (κ2) is 14.0. The minimum atomic E-state index is -5.05. The molecule has 2 atom stereocenters. The molecule has 1 saturated heterocycles. The lowest BCUT2D eigenvalue weighted by atomic mass is 9.80. The van der Waals surface area contributed by atoms with Gasteiger partial charge in [-0.25, -0.2) is 14.8 Å². The third kappa shape index (κ3) is 8.01. The van der Waals surface area contributed by atoms with E-state index in [2.05, 4.69) is 0 Å². The van der Waals surface area contributed by atoms with E-state index < -0.39 is 53.3 Å². The van der Waals surface area contributed by atoms with Crippen LogP contribution in [0.5, 0.6) is 0 Å². The Balaban J connectivity index is 1.45. The lowest BCUT2D eigenvalue weighted by Crippen LogP contribution is -2.36. The summed E-state index contributed by atoms with van der Waals surface area (Å²) in [6, 6.07) is 9.45. The van der Waals surface area contributed by atoms with Crippen LogP contribution in [0.4, 0.5) is 37.0 Å². The van der Waals surface area contributed by atoms with Crippen molar-refractivity contribution in [1.82, 2.24) is 14.9 Å². The van der Waals surface area contributed by atoms with Crippen molar-refractivity contribution in [3.05, 3.63) is 77.1 Å². The predicted octanol–water partition coefficient (Wildman–Crippen LogP) is 8.37. The Morgan fingerprint density at radius 3 is 2.15 bits per heavy atom. The second-order valence-electron chi connectivity index (χ2n) is 12.4. The zero-order valence-corrected chi connectivity index (χ0v) is 26.4. The Bertz CT molecular complexity index is 1580. The number of amides is 1. The zero-order chi connectivity index (χ0) is 34.8. The standard InChI is InChI=1S/C34H36F6N4O4/c1-3-43(18-22-11-9-21(10-12-22)13-29(45)46)31-28(42-27(17-41-31)23-7-5-4-6-8-23)19-44-20(2)30(48-32(44)47)24-14-25(33(35,36)37)16-26(15-24)34(38,39)40/h4-8,14-17,20-22,30H,3,9-13,18-19H2,1-2H3,(H,45,46)/t20-,21-,22-,30?/m0/s1. The number of carboxylic acids is 1. The van der Waals surface area contributed by atoms with E-state index in [0.717, 1.165) is 31.2 Å². The van der Waals surface area contributed by atoms with E-state index in [1.54, 1.807) is 6.20 Å². The number of anilines is 1. The zero-order valence-electron chi connectivity index (χ0n) is 26.4. The quantitative estimate of drug-likeness (QED) is 0.215. The molecule has 48 heavy (non-hydrogen) atoms. The lowest BCUT2D eigenvalue weighted by Gasteiger charge is -2.33. The Labute approximate surface area is 273 Å². The number of carboxylic acid groups (broad SMARTS) is 1. The van der Waals surface area contributed by atoms with E-state index in [4.69, 9.17) is 14.7 Å². The Morgan fingerprint density at radius 2 is 1.58 bits per heavy atom. The molecule has 1 amide bonds. The number of nitrogens with zero attached hydrogens (tertiary/aromatic N) is 4. The molecule has 1 unspecified atom stereocenters. The van der Waals surface area contributed by atoms with Crippen molar-refractivity contribution in [2.45, 2.75) is 77.0 Å². The van der Waals surface area contributed by atoms with Crippen LogP contribution in [0.25, 0.3) is 11.3 Å². The number of halogens is 6. The van der Waals surface area contributed by atoms with Crippen molar-refractivity contribution in [1.29, 1.82) is 0 Å². The van der Waals surface area contributed by atoms with Crippen LogP contribution in [0.3, 0.4) is 0 Å². The fourth-order valence-corrected chi connectivity index (χ4v) is 6.55. The summed E-state index contributed by atoms with van der Waals surface area (Å²) < 4.78 is 87.0. The monoisotopic (exact) mass is 678 g/mol. The van der Waals surface area contributed by atoms with Crippen molar-refractivity contribution in [3.8, 4) is 11.3 Å². The van der Waals surface area contributed by atoms with Crippen molar-refractivity contribution in [2.75, 3.05) is 18.0 Å². The van der Waals surface area contributed by atoms with E-state index in [-0.39, 0.29) is 30.9 Å². The number of benzene rings is 2. The third-order valence-electron chi connectivity index (χ3n) is 9.13. The molecule has 1 aliphatic carbocycles. The minimum Gasteiger partial charge on any atom is -0.481 e.